The highest BCUT2D eigenvalue weighted by Gasteiger charge is 2.20. The van der Waals surface area contributed by atoms with E-state index in [1.165, 1.54) is 0 Å². The van der Waals surface area contributed by atoms with Gasteiger partial charge in [0.25, 0.3) is 11.5 Å². The lowest BCUT2D eigenvalue weighted by Crippen LogP contribution is -2.25. The van der Waals surface area contributed by atoms with Crippen LogP contribution in [0.5, 0.6) is 0 Å². The van der Waals surface area contributed by atoms with Crippen molar-refractivity contribution in [3.05, 3.63) is 70.6 Å². The van der Waals surface area contributed by atoms with E-state index >= 15 is 0 Å². The molecular weight excluding hydrogens is 350 g/mol. The molecule has 3 heterocycles. The second kappa shape index (κ2) is 6.30. The lowest BCUT2D eigenvalue weighted by atomic mass is 10.1. The number of fused-ring (bicyclic) bond motifs is 5. The number of carbonyl (C=O) groups excluding carboxylic acids is 1. The minimum atomic E-state index is -0.183. The molecule has 0 aliphatic rings. The number of nitrogens with one attached hydrogen (secondary N) is 1. The van der Waals surface area contributed by atoms with E-state index in [-0.39, 0.29) is 11.5 Å². The van der Waals surface area contributed by atoms with Gasteiger partial charge in [0.2, 0.25) is 0 Å². The summed E-state index contributed by atoms with van der Waals surface area (Å²) >= 11 is 0. The van der Waals surface area contributed by atoms with Crippen LogP contribution in [-0.4, -0.2) is 21.8 Å². The number of rotatable bonds is 4. The summed E-state index contributed by atoms with van der Waals surface area (Å²) in [5, 5.41) is 6.15. The van der Waals surface area contributed by atoms with E-state index in [9.17, 15) is 9.59 Å². The quantitative estimate of drug-likeness (QED) is 0.383. The summed E-state index contributed by atoms with van der Waals surface area (Å²) in [5.41, 5.74) is 2.62. The highest BCUT2D eigenvalue weighted by atomic mass is 16.2. The van der Waals surface area contributed by atoms with Gasteiger partial charge in [-0.25, -0.2) is 4.98 Å². The molecule has 5 aromatic rings. The Labute approximate surface area is 161 Å². The average molecular weight is 369 g/mol. The zero-order valence-electron chi connectivity index (χ0n) is 15.5. The molecule has 3 aromatic heterocycles. The van der Waals surface area contributed by atoms with E-state index in [1.807, 2.05) is 48.5 Å². The minimum absolute atomic E-state index is 0.0590. The van der Waals surface area contributed by atoms with Gasteiger partial charge in [-0.1, -0.05) is 49.7 Å². The lowest BCUT2D eigenvalue weighted by molar-refractivity contribution is 0.0948. The van der Waals surface area contributed by atoms with Gasteiger partial charge >= 0.3 is 0 Å². The van der Waals surface area contributed by atoms with Crippen molar-refractivity contribution in [1.82, 2.24) is 14.7 Å². The Morgan fingerprint density at radius 3 is 2.50 bits per heavy atom. The summed E-state index contributed by atoms with van der Waals surface area (Å²) in [5.74, 6) is -0.183. The normalized spacial score (nSPS) is 11.8. The number of benzene rings is 2. The molecule has 0 fully saturated rings. The summed E-state index contributed by atoms with van der Waals surface area (Å²) in [7, 11) is 0. The third-order valence-corrected chi connectivity index (χ3v) is 5.32. The smallest absolute Gasteiger partial charge is 0.269 e. The Morgan fingerprint density at radius 1 is 1.00 bits per heavy atom. The standard InChI is InChI=1S/C23H19N3O2/c1-2-3-12-24-22(27)18-13-17-14-8-6-7-11-19(14)26-21(17)20(25-18)15-9-4-5-10-16(15)23(26)28/h4-11,13H,2-3,12H2,1H3,(H,24,27). The van der Waals surface area contributed by atoms with Crippen LogP contribution in [0.2, 0.25) is 0 Å². The predicted molar refractivity (Wildman–Crippen MR) is 112 cm³/mol. The average Bonchev–Trinajstić information content (AvgIpc) is 3.07. The van der Waals surface area contributed by atoms with Crippen molar-refractivity contribution in [2.75, 3.05) is 6.54 Å². The first kappa shape index (κ1) is 16.7. The molecule has 5 nitrogen and oxygen atoms in total. The fraction of sp³-hybridized carbons (Fsp3) is 0.174. The highest BCUT2D eigenvalue weighted by Crippen LogP contribution is 2.33. The first-order valence-electron chi connectivity index (χ1n) is 9.57. The minimum Gasteiger partial charge on any atom is -0.351 e. The van der Waals surface area contributed by atoms with Crippen molar-refractivity contribution < 1.29 is 4.79 Å². The first-order valence-corrected chi connectivity index (χ1v) is 9.57. The van der Waals surface area contributed by atoms with Crippen molar-refractivity contribution >= 4 is 44.0 Å². The fourth-order valence-electron chi connectivity index (χ4n) is 3.97. The maximum absolute atomic E-state index is 13.2. The fourth-order valence-corrected chi connectivity index (χ4v) is 3.97. The Morgan fingerprint density at radius 2 is 1.71 bits per heavy atom. The molecule has 0 aliphatic carbocycles. The van der Waals surface area contributed by atoms with E-state index < -0.39 is 0 Å². The molecule has 0 saturated heterocycles. The molecular formula is C23H19N3O2. The van der Waals surface area contributed by atoms with Crippen LogP contribution in [0.15, 0.2) is 59.4 Å². The van der Waals surface area contributed by atoms with Crippen LogP contribution in [0.3, 0.4) is 0 Å². The number of carbonyl (C=O) groups is 1. The third kappa shape index (κ3) is 2.29. The van der Waals surface area contributed by atoms with Gasteiger partial charge in [-0.3, -0.25) is 14.0 Å². The van der Waals surface area contributed by atoms with Crippen molar-refractivity contribution in [3.8, 4) is 0 Å². The van der Waals surface area contributed by atoms with Gasteiger partial charge in [0, 0.05) is 28.1 Å². The largest absolute Gasteiger partial charge is 0.351 e. The van der Waals surface area contributed by atoms with Crippen molar-refractivity contribution in [2.24, 2.45) is 0 Å². The highest BCUT2D eigenvalue weighted by molar-refractivity contribution is 6.20. The number of pyridine rings is 2. The number of para-hydroxylation sites is 1. The molecule has 28 heavy (non-hydrogen) atoms. The SMILES string of the molecule is CCCCNC(=O)c1cc2c3ccccc3n3c(=O)c4ccccc4c(n1)c23. The monoisotopic (exact) mass is 369 g/mol. The van der Waals surface area contributed by atoms with E-state index in [4.69, 9.17) is 4.98 Å². The number of hydrogen-bond acceptors (Lipinski definition) is 3. The van der Waals surface area contributed by atoms with E-state index in [1.54, 1.807) is 10.5 Å². The van der Waals surface area contributed by atoms with Gasteiger partial charge in [0.05, 0.1) is 16.6 Å². The van der Waals surface area contributed by atoms with Crippen LogP contribution >= 0.6 is 0 Å². The molecule has 2 aromatic carbocycles. The maximum Gasteiger partial charge on any atom is 0.269 e. The van der Waals surface area contributed by atoms with Crippen LogP contribution in [0.4, 0.5) is 0 Å². The molecule has 138 valence electrons. The number of hydrogen-bond donors (Lipinski definition) is 1. The molecule has 0 saturated carbocycles. The Kier molecular flexibility index (Phi) is 3.76. The molecule has 0 bridgehead atoms. The Hall–Kier alpha value is -3.47. The van der Waals surface area contributed by atoms with Gasteiger partial charge in [-0.15, -0.1) is 0 Å². The molecule has 0 spiro atoms. The zero-order valence-corrected chi connectivity index (χ0v) is 15.5. The number of aromatic nitrogens is 2. The Balaban J connectivity index is 1.92. The first-order chi connectivity index (χ1) is 13.7. The van der Waals surface area contributed by atoms with Gasteiger partial charge in [0.1, 0.15) is 5.69 Å². The van der Waals surface area contributed by atoms with Crippen molar-refractivity contribution in [2.45, 2.75) is 19.8 Å². The predicted octanol–water partition coefficient (Wildman–Crippen LogP) is 4.12. The van der Waals surface area contributed by atoms with E-state index in [2.05, 4.69) is 12.2 Å². The summed E-state index contributed by atoms with van der Waals surface area (Å²) in [4.78, 5) is 30.6. The summed E-state index contributed by atoms with van der Waals surface area (Å²) in [6, 6.07) is 17.1. The van der Waals surface area contributed by atoms with Gasteiger partial charge in [0.15, 0.2) is 0 Å². The molecule has 0 atom stereocenters. The second-order valence-corrected chi connectivity index (χ2v) is 7.07. The van der Waals surface area contributed by atoms with Gasteiger partial charge in [-0.2, -0.15) is 0 Å². The van der Waals surface area contributed by atoms with Crippen LogP contribution in [0.1, 0.15) is 30.3 Å². The van der Waals surface area contributed by atoms with Crippen LogP contribution in [0, 0.1) is 0 Å². The van der Waals surface area contributed by atoms with Gasteiger partial charge in [-0.05, 0) is 24.6 Å². The molecule has 5 heteroatoms. The molecule has 1 N–H and O–H groups in total. The molecule has 1 amide bonds. The van der Waals surface area contributed by atoms with Crippen LogP contribution < -0.4 is 10.9 Å². The summed E-state index contributed by atoms with van der Waals surface area (Å²) < 4.78 is 1.73. The van der Waals surface area contributed by atoms with E-state index in [0.29, 0.717) is 23.1 Å². The number of amides is 1. The van der Waals surface area contributed by atoms with Crippen LogP contribution in [-0.2, 0) is 0 Å². The van der Waals surface area contributed by atoms with Gasteiger partial charge < -0.3 is 5.32 Å². The van der Waals surface area contributed by atoms with Crippen molar-refractivity contribution in [3.63, 3.8) is 0 Å². The molecule has 5 rings (SSSR count). The number of unbranched alkanes of at least 4 members (excludes halogenated alkanes) is 1. The van der Waals surface area contributed by atoms with Crippen LogP contribution in [0.25, 0.3) is 38.1 Å². The second-order valence-electron chi connectivity index (χ2n) is 7.07. The lowest BCUT2D eigenvalue weighted by Gasteiger charge is -2.08. The summed E-state index contributed by atoms with van der Waals surface area (Å²) in [6.07, 6.45) is 1.94. The topological polar surface area (TPSA) is 63.5 Å². The third-order valence-electron chi connectivity index (χ3n) is 5.32. The zero-order chi connectivity index (χ0) is 19.3. The van der Waals surface area contributed by atoms with E-state index in [0.717, 1.165) is 40.0 Å². The Bertz CT molecular complexity index is 1420. The molecule has 0 unspecified atom stereocenters. The maximum atomic E-state index is 13.2. The molecule has 0 radical (unpaired) electrons. The number of nitrogens with zero attached hydrogens (tertiary/aromatic N) is 2. The summed E-state index contributed by atoms with van der Waals surface area (Å²) in [6.45, 7) is 2.71. The van der Waals surface area contributed by atoms with Crippen molar-refractivity contribution in [1.29, 1.82) is 0 Å². The molecule has 0 aliphatic heterocycles.